The zero-order valence-corrected chi connectivity index (χ0v) is 15.2. The van der Waals surface area contributed by atoms with Crippen LogP contribution in [-0.4, -0.2) is 61.6 Å². The van der Waals surface area contributed by atoms with E-state index in [-0.39, 0.29) is 24.3 Å². The average Bonchev–Trinajstić information content (AvgIpc) is 3.17. The topological polar surface area (TPSA) is 61.9 Å². The average molecular weight is 357 g/mol. The van der Waals surface area contributed by atoms with Gasteiger partial charge in [0.1, 0.15) is 0 Å². The van der Waals surface area contributed by atoms with Gasteiger partial charge in [-0.2, -0.15) is 0 Å². The summed E-state index contributed by atoms with van der Waals surface area (Å²) in [5.41, 5.74) is 2.22. The fourth-order valence-corrected chi connectivity index (χ4v) is 4.24. The van der Waals surface area contributed by atoms with Gasteiger partial charge in [-0.05, 0) is 37.3 Å². The Balaban J connectivity index is 1.40. The number of hydrogen-bond acceptors (Lipinski definition) is 4. The van der Waals surface area contributed by atoms with Gasteiger partial charge in [0, 0.05) is 38.5 Å². The molecule has 2 fully saturated rings. The first kappa shape index (κ1) is 17.5. The molecule has 3 heterocycles. The molecule has 3 aliphatic rings. The third kappa shape index (κ3) is 3.62. The first-order valence-corrected chi connectivity index (χ1v) is 9.74. The number of para-hydroxylation sites is 1. The number of hydrogen-bond donors (Lipinski definition) is 1. The highest BCUT2D eigenvalue weighted by Gasteiger charge is 2.34. The van der Waals surface area contributed by atoms with Crippen molar-refractivity contribution < 1.29 is 14.3 Å². The van der Waals surface area contributed by atoms with Gasteiger partial charge in [-0.1, -0.05) is 18.2 Å². The largest absolute Gasteiger partial charge is 0.376 e. The smallest absolute Gasteiger partial charge is 0.240 e. The van der Waals surface area contributed by atoms with E-state index in [4.69, 9.17) is 4.74 Å². The van der Waals surface area contributed by atoms with Gasteiger partial charge in [0.25, 0.3) is 0 Å². The van der Waals surface area contributed by atoms with Crippen molar-refractivity contribution in [2.75, 3.05) is 37.7 Å². The molecule has 1 aromatic carbocycles. The Morgan fingerprint density at radius 1 is 1.23 bits per heavy atom. The summed E-state index contributed by atoms with van der Waals surface area (Å²) in [4.78, 5) is 29.5. The summed E-state index contributed by atoms with van der Waals surface area (Å²) in [6.07, 6.45) is 4.44. The zero-order valence-electron chi connectivity index (χ0n) is 15.2. The highest BCUT2D eigenvalue weighted by atomic mass is 16.5. The second-order valence-corrected chi connectivity index (χ2v) is 7.41. The quantitative estimate of drug-likeness (QED) is 0.883. The fourth-order valence-electron chi connectivity index (χ4n) is 4.24. The van der Waals surface area contributed by atoms with E-state index in [0.29, 0.717) is 13.1 Å². The van der Waals surface area contributed by atoms with Crippen LogP contribution in [-0.2, 0) is 20.7 Å². The van der Waals surface area contributed by atoms with Gasteiger partial charge in [-0.15, -0.1) is 0 Å². The molecule has 3 aliphatic heterocycles. The minimum atomic E-state index is -0.424. The van der Waals surface area contributed by atoms with Gasteiger partial charge in [0.05, 0.1) is 18.6 Å². The molecule has 0 aromatic heterocycles. The molecule has 6 heteroatoms. The summed E-state index contributed by atoms with van der Waals surface area (Å²) in [5.74, 6) is 0.0624. The van der Waals surface area contributed by atoms with Crippen LogP contribution in [0.1, 0.15) is 31.2 Å². The number of nitrogens with one attached hydrogen (secondary N) is 1. The highest BCUT2D eigenvalue weighted by molar-refractivity contribution is 5.98. The minimum Gasteiger partial charge on any atom is -0.376 e. The molecule has 0 bridgehead atoms. The third-order valence-corrected chi connectivity index (χ3v) is 5.62. The maximum atomic E-state index is 12.9. The number of rotatable bonds is 4. The SMILES string of the molecule is O=C1C(CC(=O)N2CCCc3ccccc32)NCCN1CC1CCCO1. The summed E-state index contributed by atoms with van der Waals surface area (Å²) in [5, 5.41) is 3.24. The van der Waals surface area contributed by atoms with E-state index >= 15 is 0 Å². The van der Waals surface area contributed by atoms with Crippen LogP contribution in [0.2, 0.25) is 0 Å². The van der Waals surface area contributed by atoms with Crippen LogP contribution in [0.25, 0.3) is 0 Å². The van der Waals surface area contributed by atoms with Gasteiger partial charge in [0.15, 0.2) is 0 Å². The number of carbonyl (C=O) groups is 2. The second-order valence-electron chi connectivity index (χ2n) is 7.41. The van der Waals surface area contributed by atoms with Crippen LogP contribution in [0.3, 0.4) is 0 Å². The maximum Gasteiger partial charge on any atom is 0.240 e. The van der Waals surface area contributed by atoms with Gasteiger partial charge >= 0.3 is 0 Å². The Kier molecular flexibility index (Phi) is 5.22. The maximum absolute atomic E-state index is 12.9. The van der Waals surface area contributed by atoms with Crippen LogP contribution in [0, 0.1) is 0 Å². The number of carbonyl (C=O) groups excluding carboxylic acids is 2. The van der Waals surface area contributed by atoms with E-state index in [9.17, 15) is 9.59 Å². The van der Waals surface area contributed by atoms with Crippen molar-refractivity contribution in [2.24, 2.45) is 0 Å². The van der Waals surface area contributed by atoms with Crippen molar-refractivity contribution in [1.82, 2.24) is 10.2 Å². The number of amides is 2. The van der Waals surface area contributed by atoms with Crippen molar-refractivity contribution in [3.63, 3.8) is 0 Å². The second kappa shape index (κ2) is 7.76. The predicted molar refractivity (Wildman–Crippen MR) is 99.1 cm³/mol. The first-order chi connectivity index (χ1) is 12.7. The van der Waals surface area contributed by atoms with E-state index in [1.54, 1.807) is 0 Å². The van der Waals surface area contributed by atoms with Crippen molar-refractivity contribution in [3.8, 4) is 0 Å². The minimum absolute atomic E-state index is 0.0296. The van der Waals surface area contributed by atoms with Crippen LogP contribution in [0.4, 0.5) is 5.69 Å². The Morgan fingerprint density at radius 2 is 2.12 bits per heavy atom. The van der Waals surface area contributed by atoms with Crippen molar-refractivity contribution in [1.29, 1.82) is 0 Å². The molecular formula is C20H27N3O3. The van der Waals surface area contributed by atoms with Gasteiger partial charge < -0.3 is 19.9 Å². The Morgan fingerprint density at radius 3 is 2.96 bits per heavy atom. The van der Waals surface area contributed by atoms with Gasteiger partial charge in [-0.3, -0.25) is 9.59 Å². The van der Waals surface area contributed by atoms with E-state index < -0.39 is 6.04 Å². The Labute approximate surface area is 154 Å². The van der Waals surface area contributed by atoms with Crippen LogP contribution in [0.5, 0.6) is 0 Å². The number of anilines is 1. The summed E-state index contributed by atoms with van der Waals surface area (Å²) in [6, 6.07) is 7.65. The fraction of sp³-hybridized carbons (Fsp3) is 0.600. The molecule has 2 atom stereocenters. The molecule has 1 aromatic rings. The lowest BCUT2D eigenvalue weighted by Gasteiger charge is -2.36. The monoisotopic (exact) mass is 357 g/mol. The van der Waals surface area contributed by atoms with Crippen LogP contribution < -0.4 is 10.2 Å². The number of aryl methyl sites for hydroxylation is 1. The molecule has 2 amide bonds. The molecule has 0 aliphatic carbocycles. The van der Waals surface area contributed by atoms with E-state index in [1.807, 2.05) is 28.0 Å². The molecule has 4 rings (SSSR count). The molecule has 2 unspecified atom stereocenters. The number of ether oxygens (including phenoxy) is 1. The summed E-state index contributed by atoms with van der Waals surface area (Å²) >= 11 is 0. The number of piperazine rings is 1. The number of nitrogens with zero attached hydrogens (tertiary/aromatic N) is 2. The Hall–Kier alpha value is -1.92. The van der Waals surface area contributed by atoms with E-state index in [2.05, 4.69) is 11.4 Å². The van der Waals surface area contributed by atoms with Gasteiger partial charge in [-0.25, -0.2) is 0 Å². The Bertz CT molecular complexity index is 672. The summed E-state index contributed by atoms with van der Waals surface area (Å²) in [6.45, 7) is 3.60. The first-order valence-electron chi connectivity index (χ1n) is 9.74. The van der Waals surface area contributed by atoms with Crippen LogP contribution >= 0.6 is 0 Å². The van der Waals surface area contributed by atoms with Gasteiger partial charge in [0.2, 0.25) is 11.8 Å². The molecule has 26 heavy (non-hydrogen) atoms. The normalized spacial score (nSPS) is 26.1. The third-order valence-electron chi connectivity index (χ3n) is 5.62. The summed E-state index contributed by atoms with van der Waals surface area (Å²) < 4.78 is 5.67. The zero-order chi connectivity index (χ0) is 17.9. The number of benzene rings is 1. The van der Waals surface area contributed by atoms with E-state index in [0.717, 1.165) is 51.1 Å². The van der Waals surface area contributed by atoms with E-state index in [1.165, 1.54) is 5.56 Å². The molecule has 0 radical (unpaired) electrons. The highest BCUT2D eigenvalue weighted by Crippen LogP contribution is 2.27. The molecule has 0 spiro atoms. The molecule has 140 valence electrons. The number of fused-ring (bicyclic) bond motifs is 1. The van der Waals surface area contributed by atoms with Crippen molar-refractivity contribution >= 4 is 17.5 Å². The molecule has 2 saturated heterocycles. The van der Waals surface area contributed by atoms with Crippen molar-refractivity contribution in [3.05, 3.63) is 29.8 Å². The van der Waals surface area contributed by atoms with Crippen LogP contribution in [0.15, 0.2) is 24.3 Å². The molecular weight excluding hydrogens is 330 g/mol. The standard InChI is InChI=1S/C20H27N3O3/c24-19(23-10-3-6-15-5-1-2-8-18(15)23)13-17-20(25)22(11-9-21-17)14-16-7-4-12-26-16/h1-2,5,8,16-17,21H,3-4,6-7,9-14H2. The lowest BCUT2D eigenvalue weighted by Crippen LogP contribution is -2.57. The lowest BCUT2D eigenvalue weighted by atomic mass is 10.0. The van der Waals surface area contributed by atoms with Crippen molar-refractivity contribution in [2.45, 2.75) is 44.2 Å². The lowest BCUT2D eigenvalue weighted by molar-refractivity contribution is -0.139. The predicted octanol–water partition coefficient (Wildman–Crippen LogP) is 1.34. The molecule has 1 N–H and O–H groups in total. The summed E-state index contributed by atoms with van der Waals surface area (Å²) in [7, 11) is 0. The molecule has 0 saturated carbocycles. The molecule has 6 nitrogen and oxygen atoms in total.